The second-order valence-electron chi connectivity index (χ2n) is 5.73. The molecule has 0 saturated carbocycles. The van der Waals surface area contributed by atoms with Crippen LogP contribution in [0.2, 0.25) is 0 Å². The van der Waals surface area contributed by atoms with Gasteiger partial charge in [0.15, 0.2) is 0 Å². The Bertz CT molecular complexity index is 261. The summed E-state index contributed by atoms with van der Waals surface area (Å²) in [6.07, 6.45) is 8.54. The van der Waals surface area contributed by atoms with E-state index in [1.165, 1.54) is 19.3 Å². The molecule has 3 heteroatoms. The van der Waals surface area contributed by atoms with Gasteiger partial charge in [0.05, 0.1) is 0 Å². The number of alkyl carbamates (subject to hydrolysis) is 1. The summed E-state index contributed by atoms with van der Waals surface area (Å²) < 4.78 is 5.15. The van der Waals surface area contributed by atoms with Crippen molar-refractivity contribution in [3.8, 4) is 0 Å². The molecule has 0 radical (unpaired) electrons. The van der Waals surface area contributed by atoms with Crippen molar-refractivity contribution in [1.29, 1.82) is 0 Å². The molecule has 2 atom stereocenters. The Hall–Kier alpha value is -0.990. The molecule has 0 aliphatic rings. The molecule has 19 heavy (non-hydrogen) atoms. The van der Waals surface area contributed by atoms with Crippen LogP contribution in [0.4, 0.5) is 4.79 Å². The van der Waals surface area contributed by atoms with Crippen LogP contribution in [-0.2, 0) is 4.74 Å². The molecule has 3 nitrogen and oxygen atoms in total. The Balaban J connectivity index is 3.72. The van der Waals surface area contributed by atoms with Gasteiger partial charge >= 0.3 is 6.09 Å². The average molecular weight is 269 g/mol. The Labute approximate surface area is 118 Å². The largest absolute Gasteiger partial charge is 0.442 e. The maximum Gasteiger partial charge on any atom is 0.407 e. The molecular weight excluding hydrogens is 238 g/mol. The van der Waals surface area contributed by atoms with E-state index in [1.54, 1.807) is 0 Å². The fraction of sp³-hybridized carbons (Fsp3) is 0.812. The van der Waals surface area contributed by atoms with Crippen molar-refractivity contribution in [2.75, 3.05) is 6.54 Å². The third-order valence-corrected chi connectivity index (χ3v) is 3.04. The standard InChI is InChI=1S/C16H31NO2/c1-6-17-16(18)19-15(5)12-8-11-14(4)10-7-9-13(2)3/h8,12-15H,6-7,9-11H2,1-5H3,(H,17,18)/b12-8+. The molecule has 0 aliphatic heterocycles. The SMILES string of the molecule is CCNC(=O)OC(C)/C=C/CC(C)CCCC(C)C. The van der Waals surface area contributed by atoms with Crippen LogP contribution in [0.25, 0.3) is 0 Å². The highest BCUT2D eigenvalue weighted by Gasteiger charge is 2.05. The molecule has 0 aromatic heterocycles. The average Bonchev–Trinajstić information content (AvgIpc) is 2.28. The molecule has 0 aromatic carbocycles. The number of nitrogens with one attached hydrogen (secondary N) is 1. The minimum atomic E-state index is -0.343. The van der Waals surface area contributed by atoms with E-state index in [-0.39, 0.29) is 12.2 Å². The van der Waals surface area contributed by atoms with Crippen molar-refractivity contribution in [3.63, 3.8) is 0 Å². The summed E-state index contributed by atoms with van der Waals surface area (Å²) in [5.41, 5.74) is 0. The van der Waals surface area contributed by atoms with Gasteiger partial charge in [0.25, 0.3) is 0 Å². The van der Waals surface area contributed by atoms with Gasteiger partial charge in [-0.25, -0.2) is 4.79 Å². The van der Waals surface area contributed by atoms with E-state index in [0.29, 0.717) is 12.5 Å². The number of ether oxygens (including phenoxy) is 1. The predicted octanol–water partition coefficient (Wildman–Crippen LogP) is 4.53. The number of hydrogen-bond donors (Lipinski definition) is 1. The zero-order valence-corrected chi connectivity index (χ0v) is 13.2. The fourth-order valence-corrected chi connectivity index (χ4v) is 1.89. The van der Waals surface area contributed by atoms with Crippen LogP contribution in [0.5, 0.6) is 0 Å². The Morgan fingerprint density at radius 2 is 1.89 bits per heavy atom. The van der Waals surface area contributed by atoms with E-state index in [4.69, 9.17) is 4.74 Å². The van der Waals surface area contributed by atoms with E-state index in [9.17, 15) is 4.79 Å². The molecule has 0 saturated heterocycles. The lowest BCUT2D eigenvalue weighted by molar-refractivity contribution is 0.127. The van der Waals surface area contributed by atoms with E-state index < -0.39 is 0 Å². The van der Waals surface area contributed by atoms with Crippen LogP contribution >= 0.6 is 0 Å². The molecule has 0 spiro atoms. The van der Waals surface area contributed by atoms with Crippen LogP contribution in [0.1, 0.15) is 60.3 Å². The molecule has 0 fully saturated rings. The highest BCUT2D eigenvalue weighted by molar-refractivity contribution is 5.67. The van der Waals surface area contributed by atoms with E-state index in [1.807, 2.05) is 19.9 Å². The molecule has 0 rings (SSSR count). The van der Waals surface area contributed by atoms with Gasteiger partial charge in [-0.05, 0) is 38.2 Å². The number of amides is 1. The monoisotopic (exact) mass is 269 g/mol. The van der Waals surface area contributed by atoms with Gasteiger partial charge in [0.2, 0.25) is 0 Å². The van der Waals surface area contributed by atoms with E-state index >= 15 is 0 Å². The lowest BCUT2D eigenvalue weighted by Crippen LogP contribution is -2.26. The van der Waals surface area contributed by atoms with Gasteiger partial charge in [-0.15, -0.1) is 0 Å². The lowest BCUT2D eigenvalue weighted by atomic mass is 9.97. The first kappa shape index (κ1) is 18.0. The van der Waals surface area contributed by atoms with Gasteiger partial charge in [-0.2, -0.15) is 0 Å². The van der Waals surface area contributed by atoms with Crippen molar-refractivity contribution >= 4 is 6.09 Å². The van der Waals surface area contributed by atoms with Gasteiger partial charge in [-0.3, -0.25) is 0 Å². The van der Waals surface area contributed by atoms with E-state index in [2.05, 4.69) is 32.2 Å². The summed E-state index contributed by atoms with van der Waals surface area (Å²) in [4.78, 5) is 11.2. The van der Waals surface area contributed by atoms with Crippen LogP contribution in [0.3, 0.4) is 0 Å². The molecule has 0 bridgehead atoms. The third kappa shape index (κ3) is 11.8. The molecule has 0 aromatic rings. The highest BCUT2D eigenvalue weighted by atomic mass is 16.6. The minimum absolute atomic E-state index is 0.158. The maximum absolute atomic E-state index is 11.2. The van der Waals surface area contributed by atoms with Crippen molar-refractivity contribution in [1.82, 2.24) is 5.32 Å². The zero-order chi connectivity index (χ0) is 14.7. The lowest BCUT2D eigenvalue weighted by Gasteiger charge is -2.11. The van der Waals surface area contributed by atoms with E-state index in [0.717, 1.165) is 12.3 Å². The van der Waals surface area contributed by atoms with Crippen molar-refractivity contribution in [2.24, 2.45) is 11.8 Å². The highest BCUT2D eigenvalue weighted by Crippen LogP contribution is 2.15. The summed E-state index contributed by atoms with van der Waals surface area (Å²) >= 11 is 0. The number of hydrogen-bond acceptors (Lipinski definition) is 2. The topological polar surface area (TPSA) is 38.3 Å². The second-order valence-corrected chi connectivity index (χ2v) is 5.73. The van der Waals surface area contributed by atoms with Crippen molar-refractivity contribution in [3.05, 3.63) is 12.2 Å². The van der Waals surface area contributed by atoms with Gasteiger partial charge in [0, 0.05) is 6.54 Å². The third-order valence-electron chi connectivity index (χ3n) is 3.04. The van der Waals surface area contributed by atoms with Crippen LogP contribution in [-0.4, -0.2) is 18.7 Å². The zero-order valence-electron chi connectivity index (χ0n) is 13.2. The fourth-order valence-electron chi connectivity index (χ4n) is 1.89. The quantitative estimate of drug-likeness (QED) is 0.624. The Morgan fingerprint density at radius 1 is 1.21 bits per heavy atom. The number of carbonyl (C=O) groups excluding carboxylic acids is 1. The van der Waals surface area contributed by atoms with Gasteiger partial charge < -0.3 is 10.1 Å². The number of carbonyl (C=O) groups is 1. The van der Waals surface area contributed by atoms with Crippen LogP contribution in [0, 0.1) is 11.8 Å². The molecule has 1 N–H and O–H groups in total. The van der Waals surface area contributed by atoms with Crippen LogP contribution in [0.15, 0.2) is 12.2 Å². The van der Waals surface area contributed by atoms with Crippen molar-refractivity contribution in [2.45, 2.75) is 66.4 Å². The number of rotatable bonds is 9. The second kappa shape index (κ2) is 10.9. The number of allylic oxidation sites excluding steroid dienone is 1. The first-order valence-corrected chi connectivity index (χ1v) is 7.56. The van der Waals surface area contributed by atoms with Gasteiger partial charge in [0.1, 0.15) is 6.10 Å². The summed E-state index contributed by atoms with van der Waals surface area (Å²) in [5.74, 6) is 1.50. The molecular formula is C16H31NO2. The summed E-state index contributed by atoms with van der Waals surface area (Å²) in [7, 11) is 0. The van der Waals surface area contributed by atoms with Crippen molar-refractivity contribution < 1.29 is 9.53 Å². The predicted molar refractivity (Wildman–Crippen MR) is 81.2 cm³/mol. The Kier molecular flexibility index (Phi) is 10.3. The molecule has 2 unspecified atom stereocenters. The molecule has 0 aliphatic carbocycles. The van der Waals surface area contributed by atoms with Gasteiger partial charge in [-0.1, -0.05) is 46.1 Å². The molecule has 112 valence electrons. The summed E-state index contributed by atoms with van der Waals surface area (Å²) in [6, 6.07) is 0. The minimum Gasteiger partial charge on any atom is -0.442 e. The smallest absolute Gasteiger partial charge is 0.407 e. The van der Waals surface area contributed by atoms with Crippen LogP contribution < -0.4 is 5.32 Å². The molecule has 0 heterocycles. The normalized spacial score (nSPS) is 14.6. The first-order chi connectivity index (χ1) is 8.95. The first-order valence-electron chi connectivity index (χ1n) is 7.56. The molecule has 1 amide bonds. The maximum atomic E-state index is 11.2. The Morgan fingerprint density at radius 3 is 2.47 bits per heavy atom. The summed E-state index contributed by atoms with van der Waals surface area (Å²) in [5, 5.41) is 2.62. The summed E-state index contributed by atoms with van der Waals surface area (Å²) in [6.45, 7) is 11.2.